The molecule has 3 rings (SSSR count). The number of hydrogen-bond donors (Lipinski definition) is 1. The normalized spacial score (nSPS) is 10.5. The summed E-state index contributed by atoms with van der Waals surface area (Å²) in [5.41, 5.74) is 2.26. The van der Waals surface area contributed by atoms with Crippen LogP contribution >= 0.6 is 11.3 Å². The van der Waals surface area contributed by atoms with E-state index < -0.39 is 0 Å². The summed E-state index contributed by atoms with van der Waals surface area (Å²) in [6.07, 6.45) is 0. The molecule has 3 aromatic rings. The van der Waals surface area contributed by atoms with Gasteiger partial charge in [-0.15, -0.1) is 11.3 Å². The number of amides is 1. The second-order valence-electron chi connectivity index (χ2n) is 4.81. The monoisotopic (exact) mass is 329 g/mol. The third kappa shape index (κ3) is 3.24. The van der Waals surface area contributed by atoms with Crippen molar-refractivity contribution in [1.82, 2.24) is 10.3 Å². The van der Waals surface area contributed by atoms with Gasteiger partial charge in [0, 0.05) is 5.56 Å². The van der Waals surface area contributed by atoms with Gasteiger partial charge in [0.05, 0.1) is 11.5 Å². The first kappa shape index (κ1) is 15.2. The van der Waals surface area contributed by atoms with Gasteiger partial charge >= 0.3 is 0 Å². The molecular weight excluding hydrogens is 314 g/mol. The highest BCUT2D eigenvalue weighted by Crippen LogP contribution is 2.29. The van der Waals surface area contributed by atoms with Crippen molar-refractivity contribution in [2.24, 2.45) is 0 Å². The van der Waals surface area contributed by atoms with Gasteiger partial charge in [-0.05, 0) is 59.4 Å². The molecule has 0 aliphatic carbocycles. The number of ether oxygens (including phenoxy) is 1. The van der Waals surface area contributed by atoms with E-state index >= 15 is 0 Å². The van der Waals surface area contributed by atoms with E-state index in [9.17, 15) is 4.79 Å². The molecule has 23 heavy (non-hydrogen) atoms. The number of benzene rings is 1. The van der Waals surface area contributed by atoms with Crippen LogP contribution in [0.1, 0.15) is 22.2 Å². The van der Waals surface area contributed by atoms with Crippen LogP contribution in [0.4, 0.5) is 5.82 Å². The van der Waals surface area contributed by atoms with Gasteiger partial charge in [-0.1, -0.05) is 6.07 Å². The van der Waals surface area contributed by atoms with Gasteiger partial charge in [0.15, 0.2) is 5.69 Å². The fourth-order valence-corrected chi connectivity index (χ4v) is 2.77. The smallest absolute Gasteiger partial charge is 0.267 e. The van der Waals surface area contributed by atoms with Crippen LogP contribution in [0.5, 0.6) is 5.75 Å². The second-order valence-corrected chi connectivity index (χ2v) is 5.75. The van der Waals surface area contributed by atoms with Crippen molar-refractivity contribution in [3.05, 3.63) is 46.2 Å². The van der Waals surface area contributed by atoms with Crippen LogP contribution in [0, 0.1) is 6.92 Å². The summed E-state index contributed by atoms with van der Waals surface area (Å²) in [6.45, 7) is 4.49. The van der Waals surface area contributed by atoms with Crippen LogP contribution in [0.25, 0.3) is 11.3 Å². The van der Waals surface area contributed by atoms with Crippen LogP contribution in [-0.4, -0.2) is 22.8 Å². The van der Waals surface area contributed by atoms with Crippen LogP contribution < -0.4 is 10.1 Å². The van der Waals surface area contributed by atoms with Crippen molar-refractivity contribution in [1.29, 1.82) is 0 Å². The molecule has 1 aromatic carbocycles. The predicted octanol–water partition coefficient (Wildman–Crippen LogP) is 3.76. The lowest BCUT2D eigenvalue weighted by Crippen LogP contribution is -2.11. The van der Waals surface area contributed by atoms with E-state index in [1.165, 1.54) is 11.3 Å². The first-order valence-electron chi connectivity index (χ1n) is 7.10. The number of hydrogen-bond acceptors (Lipinski definition) is 6. The number of carbonyl (C=O) groups is 1. The molecule has 0 aliphatic rings. The van der Waals surface area contributed by atoms with Gasteiger partial charge < -0.3 is 10.1 Å². The Kier molecular flexibility index (Phi) is 4.38. The summed E-state index contributed by atoms with van der Waals surface area (Å²) in [5.74, 6) is 0.878. The van der Waals surface area contributed by atoms with E-state index in [4.69, 9.17) is 9.37 Å². The predicted molar refractivity (Wildman–Crippen MR) is 87.9 cm³/mol. The van der Waals surface area contributed by atoms with Crippen molar-refractivity contribution >= 4 is 23.1 Å². The van der Waals surface area contributed by atoms with Crippen LogP contribution in [-0.2, 0) is 0 Å². The van der Waals surface area contributed by atoms with E-state index in [-0.39, 0.29) is 5.91 Å². The van der Waals surface area contributed by atoms with E-state index in [1.54, 1.807) is 6.07 Å². The fraction of sp³-hybridized carbons (Fsp3) is 0.188. The Hall–Kier alpha value is -2.67. The Morgan fingerprint density at radius 3 is 2.91 bits per heavy atom. The number of nitrogens with one attached hydrogen (secondary N) is 1. The zero-order chi connectivity index (χ0) is 16.2. The molecule has 0 aliphatic heterocycles. The van der Waals surface area contributed by atoms with Gasteiger partial charge in [-0.3, -0.25) is 4.79 Å². The Balaban J connectivity index is 1.86. The zero-order valence-corrected chi connectivity index (χ0v) is 13.5. The maximum Gasteiger partial charge on any atom is 0.267 e. The summed E-state index contributed by atoms with van der Waals surface area (Å²) in [7, 11) is 0. The molecule has 0 radical (unpaired) electrons. The maximum atomic E-state index is 12.1. The molecule has 0 unspecified atom stereocenters. The number of aryl methyl sites for hydroxylation is 1. The van der Waals surface area contributed by atoms with Gasteiger partial charge in [-0.2, -0.15) is 0 Å². The second kappa shape index (κ2) is 6.62. The molecule has 0 bridgehead atoms. The standard InChI is InChI=1S/C16H15N3O3S/c1-3-21-12-7-6-11(9-10(12)2)14-15(19-22-18-14)17-16(20)13-5-4-8-23-13/h4-9H,3H2,1-2H3,(H,17,19,20). The molecule has 118 valence electrons. The lowest BCUT2D eigenvalue weighted by atomic mass is 10.1. The lowest BCUT2D eigenvalue weighted by Gasteiger charge is -2.08. The Bertz CT molecular complexity index is 812. The quantitative estimate of drug-likeness (QED) is 0.771. The average molecular weight is 329 g/mol. The summed E-state index contributed by atoms with van der Waals surface area (Å²) < 4.78 is 10.3. The molecule has 0 fully saturated rings. The number of carbonyl (C=O) groups excluding carboxylic acids is 1. The Labute approximate surface area is 137 Å². The van der Waals surface area contributed by atoms with Crippen LogP contribution in [0.3, 0.4) is 0 Å². The molecule has 2 heterocycles. The number of nitrogens with zero attached hydrogens (tertiary/aromatic N) is 2. The van der Waals surface area contributed by atoms with Crippen molar-refractivity contribution in [2.45, 2.75) is 13.8 Å². The average Bonchev–Trinajstić information content (AvgIpc) is 3.20. The summed E-state index contributed by atoms with van der Waals surface area (Å²) in [4.78, 5) is 12.7. The molecule has 0 saturated carbocycles. The summed E-state index contributed by atoms with van der Waals surface area (Å²) in [6, 6.07) is 9.21. The minimum Gasteiger partial charge on any atom is -0.494 e. The first-order chi connectivity index (χ1) is 11.2. The molecule has 1 amide bonds. The summed E-state index contributed by atoms with van der Waals surface area (Å²) in [5, 5.41) is 12.2. The fourth-order valence-electron chi connectivity index (χ4n) is 2.15. The van der Waals surface area contributed by atoms with Crippen LogP contribution in [0.2, 0.25) is 0 Å². The minimum atomic E-state index is -0.236. The van der Waals surface area contributed by atoms with E-state index in [1.807, 2.05) is 43.5 Å². The topological polar surface area (TPSA) is 77.2 Å². The lowest BCUT2D eigenvalue weighted by molar-refractivity contribution is 0.102. The Morgan fingerprint density at radius 1 is 1.35 bits per heavy atom. The molecule has 6 nitrogen and oxygen atoms in total. The van der Waals surface area contributed by atoms with E-state index in [0.29, 0.717) is 23.0 Å². The van der Waals surface area contributed by atoms with Crippen molar-refractivity contribution in [3.63, 3.8) is 0 Å². The van der Waals surface area contributed by atoms with Gasteiger partial charge in [0.1, 0.15) is 5.75 Å². The maximum absolute atomic E-state index is 12.1. The SMILES string of the molecule is CCOc1ccc(-c2nonc2NC(=O)c2cccs2)cc1C. The first-order valence-corrected chi connectivity index (χ1v) is 7.98. The number of thiophene rings is 1. The molecule has 0 spiro atoms. The molecule has 7 heteroatoms. The third-order valence-electron chi connectivity index (χ3n) is 3.21. The number of anilines is 1. The largest absolute Gasteiger partial charge is 0.494 e. The van der Waals surface area contributed by atoms with Crippen molar-refractivity contribution in [2.75, 3.05) is 11.9 Å². The molecule has 0 saturated heterocycles. The highest BCUT2D eigenvalue weighted by molar-refractivity contribution is 7.12. The van der Waals surface area contributed by atoms with E-state index in [2.05, 4.69) is 15.6 Å². The Morgan fingerprint density at radius 2 is 2.22 bits per heavy atom. The number of rotatable bonds is 5. The third-order valence-corrected chi connectivity index (χ3v) is 4.08. The summed E-state index contributed by atoms with van der Waals surface area (Å²) >= 11 is 1.36. The van der Waals surface area contributed by atoms with Crippen molar-refractivity contribution in [3.8, 4) is 17.0 Å². The minimum absolute atomic E-state index is 0.236. The molecule has 2 aromatic heterocycles. The molecule has 1 N–H and O–H groups in total. The van der Waals surface area contributed by atoms with Gasteiger partial charge in [0.25, 0.3) is 5.91 Å². The van der Waals surface area contributed by atoms with Gasteiger partial charge in [0.2, 0.25) is 5.82 Å². The molecule has 0 atom stereocenters. The highest BCUT2D eigenvalue weighted by Gasteiger charge is 2.17. The molecular formula is C16H15N3O3S. The van der Waals surface area contributed by atoms with Gasteiger partial charge in [-0.25, -0.2) is 4.63 Å². The number of aromatic nitrogens is 2. The highest BCUT2D eigenvalue weighted by atomic mass is 32.1. The van der Waals surface area contributed by atoms with E-state index in [0.717, 1.165) is 16.9 Å². The zero-order valence-electron chi connectivity index (χ0n) is 12.7. The van der Waals surface area contributed by atoms with Crippen LogP contribution in [0.15, 0.2) is 40.3 Å². The van der Waals surface area contributed by atoms with Crippen molar-refractivity contribution < 1.29 is 14.2 Å².